The highest BCUT2D eigenvalue weighted by atomic mass is 35.5. The van der Waals surface area contributed by atoms with Gasteiger partial charge in [-0.15, -0.1) is 0 Å². The lowest BCUT2D eigenvalue weighted by atomic mass is 10.1. The van der Waals surface area contributed by atoms with Crippen molar-refractivity contribution in [3.05, 3.63) is 64.7 Å². The second-order valence-electron chi connectivity index (χ2n) is 4.88. The van der Waals surface area contributed by atoms with Crippen molar-refractivity contribution in [2.75, 3.05) is 7.11 Å². The first-order valence-corrected chi connectivity index (χ1v) is 7.80. The van der Waals surface area contributed by atoms with Crippen LogP contribution < -0.4 is 15.4 Å². The summed E-state index contributed by atoms with van der Waals surface area (Å²) < 4.78 is 5.10. The summed E-state index contributed by atoms with van der Waals surface area (Å²) in [6.45, 7) is 0.532. The van der Waals surface area contributed by atoms with Crippen LogP contribution >= 0.6 is 23.8 Å². The molecular formula is C17H17ClN2O2S. The average molecular weight is 349 g/mol. The Balaban J connectivity index is 1.77. The first-order valence-electron chi connectivity index (χ1n) is 7.02. The Kier molecular flexibility index (Phi) is 6.38. The summed E-state index contributed by atoms with van der Waals surface area (Å²) in [4.78, 5) is 11.9. The standard InChI is InChI=1S/C17H17ClN2O2S/c1-22-15-8-4-13(5-9-15)11-19-17(23)20-16(21)10-12-2-6-14(18)7-3-12/h2-9H,10-11H2,1H3,(H2,19,20,21,23). The summed E-state index contributed by atoms with van der Waals surface area (Å²) in [7, 11) is 1.62. The Hall–Kier alpha value is -2.11. The predicted octanol–water partition coefficient (Wildman–Crippen LogP) is 3.08. The summed E-state index contributed by atoms with van der Waals surface area (Å²) in [6, 6.07) is 14.8. The van der Waals surface area contributed by atoms with Crippen molar-refractivity contribution >= 4 is 34.8 Å². The topological polar surface area (TPSA) is 50.4 Å². The zero-order valence-electron chi connectivity index (χ0n) is 12.6. The fourth-order valence-electron chi connectivity index (χ4n) is 1.93. The van der Waals surface area contributed by atoms with Crippen LogP contribution in [-0.4, -0.2) is 18.1 Å². The number of benzene rings is 2. The number of carbonyl (C=O) groups is 1. The molecule has 4 nitrogen and oxygen atoms in total. The Morgan fingerprint density at radius 2 is 1.70 bits per heavy atom. The first kappa shape index (κ1) is 17.2. The van der Waals surface area contributed by atoms with Gasteiger partial charge >= 0.3 is 0 Å². The van der Waals surface area contributed by atoms with Gasteiger partial charge in [0.05, 0.1) is 13.5 Å². The normalized spacial score (nSPS) is 10.0. The molecular weight excluding hydrogens is 332 g/mol. The molecule has 0 heterocycles. The molecule has 2 N–H and O–H groups in total. The smallest absolute Gasteiger partial charge is 0.230 e. The van der Waals surface area contributed by atoms with Crippen molar-refractivity contribution in [1.82, 2.24) is 10.6 Å². The van der Waals surface area contributed by atoms with Gasteiger partial charge in [-0.05, 0) is 47.6 Å². The highest BCUT2D eigenvalue weighted by Crippen LogP contribution is 2.11. The third-order valence-electron chi connectivity index (χ3n) is 3.14. The van der Waals surface area contributed by atoms with E-state index in [4.69, 9.17) is 28.6 Å². The molecule has 0 radical (unpaired) electrons. The monoisotopic (exact) mass is 348 g/mol. The number of carbonyl (C=O) groups excluding carboxylic acids is 1. The number of hydrogen-bond donors (Lipinski definition) is 2. The van der Waals surface area contributed by atoms with Gasteiger partial charge in [-0.25, -0.2) is 0 Å². The maximum absolute atomic E-state index is 11.9. The van der Waals surface area contributed by atoms with Crippen molar-refractivity contribution in [1.29, 1.82) is 0 Å². The fourth-order valence-corrected chi connectivity index (χ4v) is 2.24. The summed E-state index contributed by atoms with van der Waals surface area (Å²) in [5.74, 6) is 0.632. The van der Waals surface area contributed by atoms with Crippen LogP contribution in [0.25, 0.3) is 0 Å². The predicted molar refractivity (Wildman–Crippen MR) is 95.7 cm³/mol. The Morgan fingerprint density at radius 1 is 1.09 bits per heavy atom. The molecule has 0 saturated carbocycles. The summed E-state index contributed by atoms with van der Waals surface area (Å²) >= 11 is 10.9. The van der Waals surface area contributed by atoms with Crippen molar-refractivity contribution in [3.63, 3.8) is 0 Å². The van der Waals surface area contributed by atoms with Crippen LogP contribution in [0.5, 0.6) is 5.75 Å². The van der Waals surface area contributed by atoms with Crippen LogP contribution in [0.4, 0.5) is 0 Å². The molecule has 120 valence electrons. The maximum Gasteiger partial charge on any atom is 0.230 e. The van der Waals surface area contributed by atoms with Crippen molar-refractivity contribution in [3.8, 4) is 5.75 Å². The lowest BCUT2D eigenvalue weighted by molar-refractivity contribution is -0.119. The lowest BCUT2D eigenvalue weighted by Crippen LogP contribution is -2.39. The number of methoxy groups -OCH3 is 1. The number of hydrogen-bond acceptors (Lipinski definition) is 3. The molecule has 1 amide bonds. The number of nitrogens with one attached hydrogen (secondary N) is 2. The summed E-state index contributed by atoms with van der Waals surface area (Å²) in [6.07, 6.45) is 0.252. The van der Waals surface area contributed by atoms with Crippen LogP contribution in [-0.2, 0) is 17.8 Å². The third kappa shape index (κ3) is 5.88. The lowest BCUT2D eigenvalue weighted by Gasteiger charge is -2.10. The largest absolute Gasteiger partial charge is 0.497 e. The van der Waals surface area contributed by atoms with Crippen LogP contribution in [0.3, 0.4) is 0 Å². The number of halogens is 1. The number of ether oxygens (including phenoxy) is 1. The SMILES string of the molecule is COc1ccc(CNC(=S)NC(=O)Cc2ccc(Cl)cc2)cc1. The minimum Gasteiger partial charge on any atom is -0.497 e. The van der Waals surface area contributed by atoms with E-state index in [2.05, 4.69) is 10.6 Å². The summed E-state index contributed by atoms with van der Waals surface area (Å²) in [5, 5.41) is 6.61. The van der Waals surface area contributed by atoms with E-state index in [0.717, 1.165) is 16.9 Å². The van der Waals surface area contributed by atoms with E-state index in [9.17, 15) is 4.79 Å². The van der Waals surface area contributed by atoms with Crippen LogP contribution in [0, 0.1) is 0 Å². The first-order chi connectivity index (χ1) is 11.1. The zero-order valence-corrected chi connectivity index (χ0v) is 14.2. The Labute approximate surface area is 145 Å². The summed E-state index contributed by atoms with van der Waals surface area (Å²) in [5.41, 5.74) is 1.92. The van der Waals surface area contributed by atoms with Gasteiger partial charge in [0.1, 0.15) is 5.75 Å². The van der Waals surface area contributed by atoms with Crippen molar-refractivity contribution < 1.29 is 9.53 Å². The molecule has 0 saturated heterocycles. The van der Waals surface area contributed by atoms with Gasteiger partial charge in [0, 0.05) is 11.6 Å². The van der Waals surface area contributed by atoms with E-state index in [1.54, 1.807) is 19.2 Å². The van der Waals surface area contributed by atoms with Gasteiger partial charge in [-0.2, -0.15) is 0 Å². The van der Waals surface area contributed by atoms with E-state index in [0.29, 0.717) is 16.7 Å². The quantitative estimate of drug-likeness (QED) is 0.815. The molecule has 0 bridgehead atoms. The molecule has 0 aromatic heterocycles. The van der Waals surface area contributed by atoms with Gasteiger partial charge in [0.15, 0.2) is 5.11 Å². The molecule has 2 rings (SSSR count). The molecule has 6 heteroatoms. The highest BCUT2D eigenvalue weighted by molar-refractivity contribution is 7.80. The maximum atomic E-state index is 11.9. The number of thiocarbonyl (C=S) groups is 1. The van der Waals surface area contributed by atoms with E-state index < -0.39 is 0 Å². The minimum atomic E-state index is -0.167. The molecule has 0 atom stereocenters. The van der Waals surface area contributed by atoms with Gasteiger partial charge in [0.25, 0.3) is 0 Å². The minimum absolute atomic E-state index is 0.167. The Bertz CT molecular complexity index is 672. The molecule has 0 aliphatic rings. The third-order valence-corrected chi connectivity index (χ3v) is 3.64. The second kappa shape index (κ2) is 8.50. The van der Waals surface area contributed by atoms with Gasteiger partial charge in [-0.1, -0.05) is 35.9 Å². The average Bonchev–Trinajstić information content (AvgIpc) is 2.55. The number of rotatable bonds is 5. The number of amides is 1. The van der Waals surface area contributed by atoms with E-state index >= 15 is 0 Å². The fraction of sp³-hybridized carbons (Fsp3) is 0.176. The molecule has 0 fully saturated rings. The van der Waals surface area contributed by atoms with Gasteiger partial charge in [0.2, 0.25) is 5.91 Å². The van der Waals surface area contributed by atoms with Crippen LogP contribution in [0.2, 0.25) is 5.02 Å². The second-order valence-corrected chi connectivity index (χ2v) is 5.73. The van der Waals surface area contributed by atoms with Crippen LogP contribution in [0.15, 0.2) is 48.5 Å². The molecule has 2 aromatic carbocycles. The van der Waals surface area contributed by atoms with Crippen LogP contribution in [0.1, 0.15) is 11.1 Å². The highest BCUT2D eigenvalue weighted by Gasteiger charge is 2.06. The van der Waals surface area contributed by atoms with Gasteiger partial charge in [-0.3, -0.25) is 4.79 Å². The molecule has 23 heavy (non-hydrogen) atoms. The molecule has 0 unspecified atom stereocenters. The van der Waals surface area contributed by atoms with E-state index in [1.807, 2.05) is 36.4 Å². The van der Waals surface area contributed by atoms with Crippen molar-refractivity contribution in [2.24, 2.45) is 0 Å². The Morgan fingerprint density at radius 3 is 2.30 bits per heavy atom. The van der Waals surface area contributed by atoms with Gasteiger partial charge < -0.3 is 15.4 Å². The molecule has 0 spiro atoms. The van der Waals surface area contributed by atoms with E-state index in [1.165, 1.54) is 0 Å². The molecule has 0 aliphatic heterocycles. The molecule has 2 aromatic rings. The molecule has 0 aliphatic carbocycles. The van der Waals surface area contributed by atoms with E-state index in [-0.39, 0.29) is 12.3 Å². The zero-order chi connectivity index (χ0) is 16.7. The van der Waals surface area contributed by atoms with Crippen molar-refractivity contribution in [2.45, 2.75) is 13.0 Å².